The Labute approximate surface area is 90.5 Å². The highest BCUT2D eigenvalue weighted by molar-refractivity contribution is 5.41. The van der Waals surface area contributed by atoms with E-state index in [0.29, 0.717) is 17.8 Å². The number of hydrazine groups is 1. The Kier molecular flexibility index (Phi) is 4.30. The van der Waals surface area contributed by atoms with Gasteiger partial charge in [0.15, 0.2) is 5.82 Å². The molecular formula is C10H19N5. The average molecular weight is 209 g/mol. The van der Waals surface area contributed by atoms with Gasteiger partial charge in [-0.2, -0.15) is 0 Å². The van der Waals surface area contributed by atoms with E-state index in [1.807, 2.05) is 0 Å². The van der Waals surface area contributed by atoms with Crippen LogP contribution in [0.2, 0.25) is 0 Å². The van der Waals surface area contributed by atoms with Gasteiger partial charge in [-0.3, -0.25) is 4.98 Å². The summed E-state index contributed by atoms with van der Waals surface area (Å²) in [6, 6.07) is 0.382. The predicted molar refractivity (Wildman–Crippen MR) is 62.4 cm³/mol. The summed E-state index contributed by atoms with van der Waals surface area (Å²) in [6.07, 6.45) is 4.37. The Morgan fingerprint density at radius 2 is 1.93 bits per heavy atom. The lowest BCUT2D eigenvalue weighted by Gasteiger charge is -2.16. The fraction of sp³-hybridized carbons (Fsp3) is 0.600. The van der Waals surface area contributed by atoms with E-state index in [1.165, 1.54) is 0 Å². The number of aromatic nitrogens is 2. The van der Waals surface area contributed by atoms with E-state index < -0.39 is 0 Å². The lowest BCUT2D eigenvalue weighted by atomic mass is 10.1. The third kappa shape index (κ3) is 4.12. The maximum atomic E-state index is 5.25. The molecule has 0 aliphatic rings. The number of nitrogens with one attached hydrogen (secondary N) is 2. The van der Waals surface area contributed by atoms with E-state index in [1.54, 1.807) is 12.4 Å². The monoisotopic (exact) mass is 209 g/mol. The summed E-state index contributed by atoms with van der Waals surface area (Å²) in [4.78, 5) is 8.25. The highest BCUT2D eigenvalue weighted by atomic mass is 15.3. The van der Waals surface area contributed by atoms with Gasteiger partial charge < -0.3 is 10.7 Å². The van der Waals surface area contributed by atoms with Crippen LogP contribution >= 0.6 is 0 Å². The normalized spacial score (nSPS) is 12.6. The van der Waals surface area contributed by atoms with Gasteiger partial charge in [-0.05, 0) is 19.3 Å². The number of nitrogens with two attached hydrogens (primary N) is 1. The quantitative estimate of drug-likeness (QED) is 0.507. The zero-order valence-electron chi connectivity index (χ0n) is 9.49. The number of hydrogen-bond acceptors (Lipinski definition) is 5. The van der Waals surface area contributed by atoms with Crippen LogP contribution in [0.25, 0.3) is 0 Å². The SMILES string of the molecule is CC(C)CC(C)Nc1cncc(NN)n1. The Morgan fingerprint density at radius 1 is 1.27 bits per heavy atom. The molecule has 0 aliphatic carbocycles. The molecular weight excluding hydrogens is 190 g/mol. The standard InChI is InChI=1S/C10H19N5/c1-7(2)4-8(3)13-9-5-12-6-10(14-9)15-11/h5-8H,4,11H2,1-3H3,(H2,13,14,15). The third-order valence-electron chi connectivity index (χ3n) is 2.00. The average Bonchev–Trinajstić information content (AvgIpc) is 2.16. The van der Waals surface area contributed by atoms with Crippen LogP contribution in [0.5, 0.6) is 0 Å². The zero-order chi connectivity index (χ0) is 11.3. The molecule has 84 valence electrons. The van der Waals surface area contributed by atoms with Crippen LogP contribution in [0.3, 0.4) is 0 Å². The van der Waals surface area contributed by atoms with Gasteiger partial charge in [-0.15, -0.1) is 0 Å². The Morgan fingerprint density at radius 3 is 2.53 bits per heavy atom. The van der Waals surface area contributed by atoms with E-state index in [0.717, 1.165) is 12.2 Å². The van der Waals surface area contributed by atoms with Gasteiger partial charge in [-0.1, -0.05) is 13.8 Å². The molecule has 1 heterocycles. The minimum atomic E-state index is 0.382. The Balaban J connectivity index is 2.55. The van der Waals surface area contributed by atoms with Gasteiger partial charge in [0, 0.05) is 6.04 Å². The lowest BCUT2D eigenvalue weighted by Crippen LogP contribution is -2.19. The van der Waals surface area contributed by atoms with Crippen molar-refractivity contribution in [3.63, 3.8) is 0 Å². The molecule has 0 saturated heterocycles. The molecule has 15 heavy (non-hydrogen) atoms. The van der Waals surface area contributed by atoms with E-state index >= 15 is 0 Å². The van der Waals surface area contributed by atoms with Crippen molar-refractivity contribution in [3.05, 3.63) is 12.4 Å². The molecule has 4 N–H and O–H groups in total. The molecule has 1 atom stereocenters. The van der Waals surface area contributed by atoms with Crippen molar-refractivity contribution in [3.8, 4) is 0 Å². The topological polar surface area (TPSA) is 75.9 Å². The van der Waals surface area contributed by atoms with E-state index in [4.69, 9.17) is 5.84 Å². The van der Waals surface area contributed by atoms with Gasteiger partial charge in [0.25, 0.3) is 0 Å². The van der Waals surface area contributed by atoms with Crippen LogP contribution in [0, 0.1) is 5.92 Å². The Hall–Kier alpha value is -1.36. The highest BCUT2D eigenvalue weighted by Gasteiger charge is 2.05. The minimum absolute atomic E-state index is 0.382. The van der Waals surface area contributed by atoms with Crippen molar-refractivity contribution in [1.82, 2.24) is 9.97 Å². The largest absolute Gasteiger partial charge is 0.366 e. The number of rotatable bonds is 5. The van der Waals surface area contributed by atoms with Crippen molar-refractivity contribution in [2.24, 2.45) is 11.8 Å². The number of hydrogen-bond donors (Lipinski definition) is 3. The lowest BCUT2D eigenvalue weighted by molar-refractivity contribution is 0.538. The van der Waals surface area contributed by atoms with E-state index in [9.17, 15) is 0 Å². The van der Waals surface area contributed by atoms with Crippen LogP contribution < -0.4 is 16.6 Å². The van der Waals surface area contributed by atoms with Crippen LogP contribution in [0.15, 0.2) is 12.4 Å². The summed E-state index contributed by atoms with van der Waals surface area (Å²) in [5, 5.41) is 3.28. The summed E-state index contributed by atoms with van der Waals surface area (Å²) >= 11 is 0. The first-order valence-electron chi connectivity index (χ1n) is 5.17. The molecule has 0 bridgehead atoms. The van der Waals surface area contributed by atoms with Crippen molar-refractivity contribution in [2.75, 3.05) is 10.7 Å². The smallest absolute Gasteiger partial charge is 0.160 e. The van der Waals surface area contributed by atoms with Gasteiger partial charge in [0.2, 0.25) is 0 Å². The molecule has 0 radical (unpaired) electrons. The highest BCUT2D eigenvalue weighted by Crippen LogP contribution is 2.11. The van der Waals surface area contributed by atoms with Gasteiger partial charge in [-0.25, -0.2) is 10.8 Å². The molecule has 0 fully saturated rings. The summed E-state index contributed by atoms with van der Waals surface area (Å²) in [6.45, 7) is 6.52. The molecule has 5 heteroatoms. The number of anilines is 2. The van der Waals surface area contributed by atoms with E-state index in [-0.39, 0.29) is 0 Å². The molecule has 5 nitrogen and oxygen atoms in total. The molecule has 0 saturated carbocycles. The van der Waals surface area contributed by atoms with Crippen molar-refractivity contribution < 1.29 is 0 Å². The number of nitrogens with zero attached hydrogens (tertiary/aromatic N) is 2. The molecule has 1 aromatic rings. The summed E-state index contributed by atoms with van der Waals surface area (Å²) < 4.78 is 0. The molecule has 1 unspecified atom stereocenters. The van der Waals surface area contributed by atoms with Gasteiger partial charge >= 0.3 is 0 Å². The third-order valence-corrected chi connectivity index (χ3v) is 2.00. The second-order valence-corrected chi connectivity index (χ2v) is 4.11. The first kappa shape index (κ1) is 11.7. The van der Waals surface area contributed by atoms with Crippen LogP contribution in [-0.4, -0.2) is 16.0 Å². The van der Waals surface area contributed by atoms with Crippen LogP contribution in [0.4, 0.5) is 11.6 Å². The van der Waals surface area contributed by atoms with Crippen molar-refractivity contribution in [2.45, 2.75) is 33.2 Å². The van der Waals surface area contributed by atoms with Crippen LogP contribution in [0.1, 0.15) is 27.2 Å². The second kappa shape index (κ2) is 5.50. The van der Waals surface area contributed by atoms with Gasteiger partial charge in [0.1, 0.15) is 5.82 Å². The zero-order valence-corrected chi connectivity index (χ0v) is 9.49. The van der Waals surface area contributed by atoms with E-state index in [2.05, 4.69) is 41.5 Å². The molecule has 1 aromatic heterocycles. The molecule has 0 spiro atoms. The summed E-state index contributed by atoms with van der Waals surface area (Å²) in [5.41, 5.74) is 2.47. The first-order chi connectivity index (χ1) is 7.11. The fourth-order valence-corrected chi connectivity index (χ4v) is 1.52. The number of nitrogen functional groups attached to an aromatic ring is 1. The fourth-order valence-electron chi connectivity index (χ4n) is 1.52. The molecule has 0 aromatic carbocycles. The molecule has 1 rings (SSSR count). The van der Waals surface area contributed by atoms with Crippen molar-refractivity contribution >= 4 is 11.6 Å². The summed E-state index contributed by atoms with van der Waals surface area (Å²) in [7, 11) is 0. The van der Waals surface area contributed by atoms with Crippen LogP contribution in [-0.2, 0) is 0 Å². The minimum Gasteiger partial charge on any atom is -0.366 e. The predicted octanol–water partition coefficient (Wildman–Crippen LogP) is 1.61. The summed E-state index contributed by atoms with van der Waals surface area (Å²) in [5.74, 6) is 7.23. The van der Waals surface area contributed by atoms with Gasteiger partial charge in [0.05, 0.1) is 12.4 Å². The van der Waals surface area contributed by atoms with Crippen molar-refractivity contribution in [1.29, 1.82) is 0 Å². The maximum absolute atomic E-state index is 5.25. The Bertz CT molecular complexity index is 300. The molecule has 0 amide bonds. The first-order valence-corrected chi connectivity index (χ1v) is 5.17. The maximum Gasteiger partial charge on any atom is 0.160 e. The molecule has 0 aliphatic heterocycles. The second-order valence-electron chi connectivity index (χ2n) is 4.11.